The summed E-state index contributed by atoms with van der Waals surface area (Å²) in [5.41, 5.74) is 1.07. The predicted molar refractivity (Wildman–Crippen MR) is 103 cm³/mol. The van der Waals surface area contributed by atoms with Crippen molar-refractivity contribution in [1.82, 2.24) is 9.78 Å². The van der Waals surface area contributed by atoms with Gasteiger partial charge < -0.3 is 4.74 Å². The number of aromatic nitrogens is 2. The van der Waals surface area contributed by atoms with Gasteiger partial charge in [-0.1, -0.05) is 6.07 Å². The van der Waals surface area contributed by atoms with E-state index in [2.05, 4.69) is 14.6 Å². The van der Waals surface area contributed by atoms with E-state index in [4.69, 9.17) is 0 Å². The Morgan fingerprint density at radius 1 is 1.32 bits per heavy atom. The fraction of sp³-hybridized carbons (Fsp3) is 0.412. The van der Waals surface area contributed by atoms with Gasteiger partial charge in [0.1, 0.15) is 4.90 Å². The summed E-state index contributed by atoms with van der Waals surface area (Å²) >= 11 is 0. The number of sulfone groups is 1. The summed E-state index contributed by atoms with van der Waals surface area (Å²) in [5.74, 6) is -0.566. The zero-order valence-corrected chi connectivity index (χ0v) is 17.3. The molecule has 0 radical (unpaired) electrons. The van der Waals surface area contributed by atoms with Crippen molar-refractivity contribution in [2.75, 3.05) is 23.3 Å². The third-order valence-electron chi connectivity index (χ3n) is 4.62. The molecule has 0 bridgehead atoms. The zero-order chi connectivity index (χ0) is 20.7. The van der Waals surface area contributed by atoms with E-state index in [1.807, 2.05) is 0 Å². The van der Waals surface area contributed by atoms with E-state index in [-0.39, 0.29) is 39.4 Å². The predicted octanol–water partition coefficient (Wildman–Crippen LogP) is 1.45. The van der Waals surface area contributed by atoms with Gasteiger partial charge in [0.2, 0.25) is 0 Å². The minimum Gasteiger partial charge on any atom is -0.465 e. The molecule has 0 spiro atoms. The number of hydrogen-bond acceptors (Lipinski definition) is 7. The highest BCUT2D eigenvalue weighted by atomic mass is 32.2. The molecule has 2 heterocycles. The fourth-order valence-corrected chi connectivity index (χ4v) is 6.54. The molecule has 1 saturated heterocycles. The van der Waals surface area contributed by atoms with Gasteiger partial charge in [-0.25, -0.2) is 21.6 Å². The van der Waals surface area contributed by atoms with Gasteiger partial charge in [0.15, 0.2) is 9.84 Å². The van der Waals surface area contributed by atoms with Crippen molar-refractivity contribution in [3.05, 3.63) is 41.2 Å². The van der Waals surface area contributed by atoms with Gasteiger partial charge in [-0.2, -0.15) is 5.10 Å². The lowest BCUT2D eigenvalue weighted by Gasteiger charge is -2.12. The summed E-state index contributed by atoms with van der Waals surface area (Å²) in [7, 11) is -5.89. The van der Waals surface area contributed by atoms with Crippen LogP contribution in [0.15, 0.2) is 29.2 Å². The van der Waals surface area contributed by atoms with Crippen LogP contribution in [0, 0.1) is 13.8 Å². The molecule has 1 aliphatic heterocycles. The van der Waals surface area contributed by atoms with Gasteiger partial charge in [-0.05, 0) is 38.5 Å². The van der Waals surface area contributed by atoms with Gasteiger partial charge in [-0.3, -0.25) is 9.40 Å². The number of anilines is 1. The molecular formula is C17H21N3O6S2. The number of sulfonamides is 1. The first-order valence-electron chi connectivity index (χ1n) is 8.51. The van der Waals surface area contributed by atoms with Crippen molar-refractivity contribution in [3.8, 4) is 0 Å². The molecule has 152 valence electrons. The molecule has 2 aromatic rings. The van der Waals surface area contributed by atoms with Crippen molar-refractivity contribution in [1.29, 1.82) is 0 Å². The van der Waals surface area contributed by atoms with E-state index >= 15 is 0 Å². The molecule has 0 amide bonds. The largest absolute Gasteiger partial charge is 0.465 e. The number of carbonyl (C=O) groups excluding carboxylic acids is 1. The fourth-order valence-electron chi connectivity index (χ4n) is 3.39. The summed E-state index contributed by atoms with van der Waals surface area (Å²) in [4.78, 5) is 11.7. The monoisotopic (exact) mass is 427 g/mol. The standard InChI is InChI=1S/C17H21N3O6S2/c1-11-16(12(2)20(18-11)15-7-8-27(22,23)10-15)28(24,25)19-14-6-4-5-13(9-14)17(21)26-3/h4-6,9,15,19H,7-8,10H2,1-3H3/t15-/m0/s1. The van der Waals surface area contributed by atoms with E-state index in [9.17, 15) is 21.6 Å². The summed E-state index contributed by atoms with van der Waals surface area (Å²) in [5, 5.41) is 4.28. The number of nitrogens with one attached hydrogen (secondary N) is 1. The first kappa shape index (κ1) is 20.3. The van der Waals surface area contributed by atoms with Crippen molar-refractivity contribution in [2.45, 2.75) is 31.2 Å². The molecule has 1 N–H and O–H groups in total. The molecule has 9 nitrogen and oxygen atoms in total. The summed E-state index contributed by atoms with van der Waals surface area (Å²) in [6.45, 7) is 3.16. The lowest BCUT2D eigenvalue weighted by Crippen LogP contribution is -2.17. The second-order valence-corrected chi connectivity index (χ2v) is 10.5. The van der Waals surface area contributed by atoms with Crippen LogP contribution < -0.4 is 4.72 Å². The van der Waals surface area contributed by atoms with Crippen LogP contribution in [0.2, 0.25) is 0 Å². The maximum atomic E-state index is 13.0. The Kier molecular flexibility index (Phi) is 5.24. The number of methoxy groups -OCH3 is 1. The van der Waals surface area contributed by atoms with Crippen molar-refractivity contribution >= 4 is 31.5 Å². The van der Waals surface area contributed by atoms with Crippen LogP contribution in [0.4, 0.5) is 5.69 Å². The van der Waals surface area contributed by atoms with Crippen LogP contribution >= 0.6 is 0 Å². The minimum absolute atomic E-state index is 0.000249. The number of esters is 1. The highest BCUT2D eigenvalue weighted by Gasteiger charge is 2.33. The van der Waals surface area contributed by atoms with Crippen LogP contribution in [0.1, 0.15) is 34.2 Å². The quantitative estimate of drug-likeness (QED) is 0.716. The van der Waals surface area contributed by atoms with Gasteiger partial charge >= 0.3 is 5.97 Å². The molecule has 0 saturated carbocycles. The zero-order valence-electron chi connectivity index (χ0n) is 15.7. The second-order valence-electron chi connectivity index (χ2n) is 6.68. The summed E-state index contributed by atoms with van der Waals surface area (Å²) < 4.78 is 58.0. The third kappa shape index (κ3) is 3.90. The molecule has 1 aromatic carbocycles. The Morgan fingerprint density at radius 2 is 2.04 bits per heavy atom. The van der Waals surface area contributed by atoms with Crippen LogP contribution in [0.25, 0.3) is 0 Å². The van der Waals surface area contributed by atoms with E-state index in [0.29, 0.717) is 12.1 Å². The Morgan fingerprint density at radius 3 is 2.64 bits per heavy atom. The highest BCUT2D eigenvalue weighted by Crippen LogP contribution is 2.29. The maximum absolute atomic E-state index is 13.0. The maximum Gasteiger partial charge on any atom is 0.337 e. The topological polar surface area (TPSA) is 124 Å². The first-order chi connectivity index (χ1) is 13.0. The highest BCUT2D eigenvalue weighted by molar-refractivity contribution is 7.92. The molecule has 1 aromatic heterocycles. The Balaban J connectivity index is 1.94. The van der Waals surface area contributed by atoms with E-state index in [1.54, 1.807) is 13.8 Å². The normalized spacial score (nSPS) is 18.8. The summed E-state index contributed by atoms with van der Waals surface area (Å²) in [6, 6.07) is 5.57. The smallest absolute Gasteiger partial charge is 0.337 e. The number of ether oxygens (including phenoxy) is 1. The molecule has 1 aliphatic rings. The molecule has 1 fully saturated rings. The SMILES string of the molecule is COC(=O)c1cccc(NS(=O)(=O)c2c(C)nn([C@H]3CCS(=O)(=O)C3)c2C)c1. The van der Waals surface area contributed by atoms with Gasteiger partial charge in [0.25, 0.3) is 10.0 Å². The Bertz CT molecular complexity index is 1140. The number of carbonyl (C=O) groups is 1. The van der Waals surface area contributed by atoms with Gasteiger partial charge in [0.05, 0.1) is 41.6 Å². The minimum atomic E-state index is -4.00. The average molecular weight is 428 g/mol. The number of rotatable bonds is 5. The molecule has 0 aliphatic carbocycles. The van der Waals surface area contributed by atoms with Crippen LogP contribution in [0.3, 0.4) is 0 Å². The van der Waals surface area contributed by atoms with Crippen LogP contribution in [-0.2, 0) is 24.6 Å². The van der Waals surface area contributed by atoms with E-state index in [1.165, 1.54) is 36.1 Å². The van der Waals surface area contributed by atoms with Crippen molar-refractivity contribution < 1.29 is 26.4 Å². The Hall–Kier alpha value is -2.40. The Labute approximate surface area is 163 Å². The molecular weight excluding hydrogens is 406 g/mol. The molecule has 1 atom stereocenters. The summed E-state index contributed by atoms with van der Waals surface area (Å²) in [6.07, 6.45) is 0.401. The van der Waals surface area contributed by atoms with Crippen LogP contribution in [-0.4, -0.2) is 51.2 Å². The first-order valence-corrected chi connectivity index (χ1v) is 11.8. The second kappa shape index (κ2) is 7.21. The number of hydrogen-bond donors (Lipinski definition) is 1. The van der Waals surface area contributed by atoms with Gasteiger partial charge in [-0.15, -0.1) is 0 Å². The number of aryl methyl sites for hydroxylation is 1. The molecule has 11 heteroatoms. The van der Waals surface area contributed by atoms with E-state index < -0.39 is 25.8 Å². The third-order valence-corrected chi connectivity index (χ3v) is 8.00. The molecule has 28 heavy (non-hydrogen) atoms. The molecule has 3 rings (SSSR count). The number of nitrogens with zero attached hydrogens (tertiary/aromatic N) is 2. The molecule has 0 unspecified atom stereocenters. The lowest BCUT2D eigenvalue weighted by molar-refractivity contribution is 0.0600. The van der Waals surface area contributed by atoms with Crippen LogP contribution in [0.5, 0.6) is 0 Å². The average Bonchev–Trinajstić information content (AvgIpc) is 3.12. The number of benzene rings is 1. The van der Waals surface area contributed by atoms with Crippen molar-refractivity contribution in [3.63, 3.8) is 0 Å². The van der Waals surface area contributed by atoms with E-state index in [0.717, 1.165) is 0 Å². The van der Waals surface area contributed by atoms with Gasteiger partial charge in [0, 0.05) is 5.69 Å². The lowest BCUT2D eigenvalue weighted by atomic mass is 10.2. The van der Waals surface area contributed by atoms with Crippen molar-refractivity contribution in [2.24, 2.45) is 0 Å².